The standard InChI is InChI=1S/C24H33N3O3/c1-3-25-24(26-15-23(28)21-10-7-11-22(14-21)29-2)27-13-12-20(16-27)18-30-17-19-8-5-4-6-9-19/h4-11,14,20,23,28H,3,12-13,15-18H2,1-2H3,(H,25,26). The molecule has 6 nitrogen and oxygen atoms in total. The van der Waals surface area contributed by atoms with Crippen LogP contribution in [0.25, 0.3) is 0 Å². The highest BCUT2D eigenvalue weighted by atomic mass is 16.5. The van der Waals surface area contributed by atoms with Crippen LogP contribution in [0.15, 0.2) is 59.6 Å². The molecule has 2 atom stereocenters. The molecule has 2 unspecified atom stereocenters. The third-order valence-corrected chi connectivity index (χ3v) is 5.28. The van der Waals surface area contributed by atoms with Crippen molar-refractivity contribution in [1.29, 1.82) is 0 Å². The molecule has 0 radical (unpaired) electrons. The number of nitrogens with one attached hydrogen (secondary N) is 1. The minimum absolute atomic E-state index is 0.307. The number of hydrogen-bond donors (Lipinski definition) is 2. The molecule has 0 saturated carbocycles. The van der Waals surface area contributed by atoms with Crippen molar-refractivity contribution < 1.29 is 14.6 Å². The number of methoxy groups -OCH3 is 1. The highest BCUT2D eigenvalue weighted by molar-refractivity contribution is 5.80. The highest BCUT2D eigenvalue weighted by Gasteiger charge is 2.25. The van der Waals surface area contributed by atoms with Gasteiger partial charge in [0.25, 0.3) is 0 Å². The van der Waals surface area contributed by atoms with E-state index in [9.17, 15) is 5.11 Å². The first-order valence-corrected chi connectivity index (χ1v) is 10.7. The van der Waals surface area contributed by atoms with E-state index in [2.05, 4.69) is 34.3 Å². The largest absolute Gasteiger partial charge is 0.497 e. The summed E-state index contributed by atoms with van der Waals surface area (Å²) >= 11 is 0. The average Bonchev–Trinajstić information content (AvgIpc) is 3.26. The molecule has 2 aromatic carbocycles. The number of benzene rings is 2. The third-order valence-electron chi connectivity index (χ3n) is 5.28. The fourth-order valence-corrected chi connectivity index (χ4v) is 3.63. The molecule has 0 amide bonds. The molecule has 1 aliphatic rings. The van der Waals surface area contributed by atoms with E-state index in [1.165, 1.54) is 5.56 Å². The van der Waals surface area contributed by atoms with Crippen molar-refractivity contribution in [2.24, 2.45) is 10.9 Å². The molecule has 0 aromatic heterocycles. The van der Waals surface area contributed by atoms with E-state index in [0.717, 1.165) is 49.9 Å². The summed E-state index contributed by atoms with van der Waals surface area (Å²) < 4.78 is 11.2. The maximum Gasteiger partial charge on any atom is 0.194 e. The van der Waals surface area contributed by atoms with E-state index in [-0.39, 0.29) is 0 Å². The summed E-state index contributed by atoms with van der Waals surface area (Å²) in [7, 11) is 1.63. The second kappa shape index (κ2) is 11.6. The molecule has 1 heterocycles. The predicted molar refractivity (Wildman–Crippen MR) is 120 cm³/mol. The number of aliphatic hydroxyl groups is 1. The second-order valence-electron chi connectivity index (χ2n) is 7.59. The average molecular weight is 412 g/mol. The Kier molecular flexibility index (Phi) is 8.53. The van der Waals surface area contributed by atoms with Gasteiger partial charge in [0.2, 0.25) is 0 Å². The number of aliphatic imine (C=N–C) groups is 1. The molecule has 162 valence electrons. The number of likely N-dealkylation sites (tertiary alicyclic amines) is 1. The number of ether oxygens (including phenoxy) is 2. The molecule has 1 fully saturated rings. The van der Waals surface area contributed by atoms with Crippen LogP contribution in [0.1, 0.15) is 30.6 Å². The van der Waals surface area contributed by atoms with Gasteiger partial charge in [0, 0.05) is 25.6 Å². The first-order chi connectivity index (χ1) is 14.7. The summed E-state index contributed by atoms with van der Waals surface area (Å²) in [5, 5.41) is 13.9. The van der Waals surface area contributed by atoms with Gasteiger partial charge in [-0.1, -0.05) is 42.5 Å². The first kappa shape index (κ1) is 22.1. The van der Waals surface area contributed by atoms with Crippen molar-refractivity contribution in [2.75, 3.05) is 39.9 Å². The van der Waals surface area contributed by atoms with Crippen LogP contribution in [0, 0.1) is 5.92 Å². The normalized spacial score (nSPS) is 17.8. The van der Waals surface area contributed by atoms with E-state index in [4.69, 9.17) is 9.47 Å². The van der Waals surface area contributed by atoms with Crippen LogP contribution in [-0.2, 0) is 11.3 Å². The molecule has 6 heteroatoms. The molecule has 0 aliphatic carbocycles. The second-order valence-corrected chi connectivity index (χ2v) is 7.59. The van der Waals surface area contributed by atoms with Crippen molar-refractivity contribution in [1.82, 2.24) is 10.2 Å². The van der Waals surface area contributed by atoms with Gasteiger partial charge >= 0.3 is 0 Å². The summed E-state index contributed by atoms with van der Waals surface area (Å²) in [6.45, 7) is 6.41. The van der Waals surface area contributed by atoms with Gasteiger partial charge in [-0.25, -0.2) is 0 Å². The smallest absolute Gasteiger partial charge is 0.194 e. The lowest BCUT2D eigenvalue weighted by molar-refractivity contribution is 0.0906. The fraction of sp³-hybridized carbons (Fsp3) is 0.458. The number of hydrogen-bond acceptors (Lipinski definition) is 4. The van der Waals surface area contributed by atoms with Gasteiger partial charge < -0.3 is 24.8 Å². The molecular formula is C24H33N3O3. The van der Waals surface area contributed by atoms with E-state index in [1.54, 1.807) is 7.11 Å². The Morgan fingerprint density at radius 1 is 1.23 bits per heavy atom. The lowest BCUT2D eigenvalue weighted by Crippen LogP contribution is -2.40. The summed E-state index contributed by atoms with van der Waals surface area (Å²) in [5.41, 5.74) is 2.01. The lowest BCUT2D eigenvalue weighted by atomic mass is 10.1. The Morgan fingerprint density at radius 3 is 2.83 bits per heavy atom. The van der Waals surface area contributed by atoms with Gasteiger partial charge in [-0.2, -0.15) is 0 Å². The monoisotopic (exact) mass is 411 g/mol. The van der Waals surface area contributed by atoms with E-state index >= 15 is 0 Å². The first-order valence-electron chi connectivity index (χ1n) is 10.7. The molecule has 30 heavy (non-hydrogen) atoms. The van der Waals surface area contributed by atoms with Gasteiger partial charge in [0.1, 0.15) is 5.75 Å². The summed E-state index contributed by atoms with van der Waals surface area (Å²) in [6, 6.07) is 17.8. The minimum Gasteiger partial charge on any atom is -0.497 e. The van der Waals surface area contributed by atoms with Gasteiger partial charge in [-0.15, -0.1) is 0 Å². The summed E-state index contributed by atoms with van der Waals surface area (Å²) in [5.74, 6) is 2.08. The van der Waals surface area contributed by atoms with Crippen LogP contribution in [0.2, 0.25) is 0 Å². The summed E-state index contributed by atoms with van der Waals surface area (Å²) in [4.78, 5) is 6.95. The molecule has 1 aliphatic heterocycles. The molecular weight excluding hydrogens is 378 g/mol. The number of rotatable bonds is 9. The highest BCUT2D eigenvalue weighted by Crippen LogP contribution is 2.20. The Labute approximate surface area is 179 Å². The molecule has 0 spiro atoms. The van der Waals surface area contributed by atoms with Crippen molar-refractivity contribution >= 4 is 5.96 Å². The molecule has 1 saturated heterocycles. The molecule has 2 aromatic rings. The van der Waals surface area contributed by atoms with Gasteiger partial charge in [0.05, 0.1) is 33.0 Å². The lowest BCUT2D eigenvalue weighted by Gasteiger charge is -2.22. The van der Waals surface area contributed by atoms with Crippen molar-refractivity contribution in [2.45, 2.75) is 26.1 Å². The van der Waals surface area contributed by atoms with Crippen molar-refractivity contribution in [3.8, 4) is 5.75 Å². The minimum atomic E-state index is -0.665. The topological polar surface area (TPSA) is 66.3 Å². The van der Waals surface area contributed by atoms with Crippen molar-refractivity contribution in [3.63, 3.8) is 0 Å². The molecule has 2 N–H and O–H groups in total. The molecule has 3 rings (SSSR count). The number of guanidine groups is 1. The Morgan fingerprint density at radius 2 is 2.07 bits per heavy atom. The van der Waals surface area contributed by atoms with E-state index in [0.29, 0.717) is 19.1 Å². The van der Waals surface area contributed by atoms with Gasteiger partial charge in [-0.05, 0) is 36.6 Å². The third kappa shape index (κ3) is 6.47. The van der Waals surface area contributed by atoms with Crippen LogP contribution in [0.5, 0.6) is 5.75 Å². The predicted octanol–water partition coefficient (Wildman–Crippen LogP) is 3.23. The maximum absolute atomic E-state index is 10.5. The Hall–Kier alpha value is -2.57. The Bertz CT molecular complexity index is 797. The zero-order chi connectivity index (χ0) is 21.2. The van der Waals surface area contributed by atoms with Crippen LogP contribution >= 0.6 is 0 Å². The van der Waals surface area contributed by atoms with Gasteiger partial charge in [0.15, 0.2) is 5.96 Å². The molecule has 0 bridgehead atoms. The van der Waals surface area contributed by atoms with E-state index in [1.807, 2.05) is 42.5 Å². The van der Waals surface area contributed by atoms with Crippen LogP contribution in [-0.4, -0.2) is 55.9 Å². The van der Waals surface area contributed by atoms with Crippen molar-refractivity contribution in [3.05, 3.63) is 65.7 Å². The number of nitrogens with zero attached hydrogens (tertiary/aromatic N) is 2. The SMILES string of the molecule is CCNC(=NCC(O)c1cccc(OC)c1)N1CCC(COCc2ccccc2)C1. The summed E-state index contributed by atoms with van der Waals surface area (Å²) in [6.07, 6.45) is 0.416. The van der Waals surface area contributed by atoms with Gasteiger partial charge in [-0.3, -0.25) is 4.99 Å². The Balaban J connectivity index is 1.51. The quantitative estimate of drug-likeness (QED) is 0.490. The van der Waals surface area contributed by atoms with Crippen LogP contribution in [0.4, 0.5) is 0 Å². The zero-order valence-electron chi connectivity index (χ0n) is 18.0. The zero-order valence-corrected chi connectivity index (χ0v) is 18.0. The van der Waals surface area contributed by atoms with Crippen LogP contribution in [0.3, 0.4) is 0 Å². The van der Waals surface area contributed by atoms with E-state index < -0.39 is 6.10 Å². The van der Waals surface area contributed by atoms with Crippen LogP contribution < -0.4 is 10.1 Å². The maximum atomic E-state index is 10.5. The number of aliphatic hydroxyl groups excluding tert-OH is 1. The fourth-order valence-electron chi connectivity index (χ4n) is 3.63.